The number of nitrogens with zero attached hydrogens (tertiary/aromatic N) is 2. The minimum atomic E-state index is 0. The van der Waals surface area contributed by atoms with Crippen LogP contribution in [0.2, 0.25) is 0 Å². The summed E-state index contributed by atoms with van der Waals surface area (Å²) < 4.78 is 10.6. The maximum absolute atomic E-state index is 6.05. The lowest BCUT2D eigenvalue weighted by Gasteiger charge is -2.14. The highest BCUT2D eigenvalue weighted by atomic mass is 127. The predicted molar refractivity (Wildman–Crippen MR) is 118 cm³/mol. The van der Waals surface area contributed by atoms with Crippen molar-refractivity contribution < 1.29 is 9.47 Å². The van der Waals surface area contributed by atoms with Crippen molar-refractivity contribution in [2.45, 2.75) is 13.1 Å². The quantitative estimate of drug-likeness (QED) is 0.369. The Hall–Kier alpha value is -2.00. The highest BCUT2D eigenvalue weighted by Gasteiger charge is 2.07. The molecule has 0 unspecified atom stereocenters. The van der Waals surface area contributed by atoms with Crippen LogP contribution in [0.5, 0.6) is 11.5 Å². The largest absolute Gasteiger partial charge is 0.497 e. The van der Waals surface area contributed by atoms with E-state index in [0.717, 1.165) is 12.1 Å². The lowest BCUT2D eigenvalue weighted by Crippen LogP contribution is -2.23. The number of halogens is 1. The van der Waals surface area contributed by atoms with Crippen LogP contribution in [0.1, 0.15) is 11.1 Å². The molecule has 0 heterocycles. The second-order valence-electron chi connectivity index (χ2n) is 5.90. The van der Waals surface area contributed by atoms with Gasteiger partial charge in [0.1, 0.15) is 11.5 Å². The Morgan fingerprint density at radius 1 is 1.08 bits per heavy atom. The molecule has 0 aliphatic rings. The highest BCUT2D eigenvalue weighted by Crippen LogP contribution is 2.28. The Balaban J connectivity index is 0.00000338. The fourth-order valence-corrected chi connectivity index (χ4v) is 2.47. The third kappa shape index (κ3) is 6.38. The fourth-order valence-electron chi connectivity index (χ4n) is 2.47. The Bertz CT molecular complexity index is 735. The second-order valence-corrected chi connectivity index (χ2v) is 5.90. The molecule has 2 rings (SSSR count). The number of methoxy groups -OCH3 is 2. The van der Waals surface area contributed by atoms with Crippen molar-refractivity contribution in [3.8, 4) is 11.5 Å². The first-order valence-electron chi connectivity index (χ1n) is 8.04. The molecule has 6 nitrogen and oxygen atoms in total. The van der Waals surface area contributed by atoms with Crippen LogP contribution in [0.3, 0.4) is 0 Å². The molecule has 26 heavy (non-hydrogen) atoms. The van der Waals surface area contributed by atoms with Gasteiger partial charge in [0.15, 0.2) is 5.96 Å². The zero-order valence-electron chi connectivity index (χ0n) is 15.7. The number of rotatable bonds is 7. The molecule has 0 atom stereocenters. The first-order chi connectivity index (χ1) is 12.0. The van der Waals surface area contributed by atoms with E-state index in [4.69, 9.17) is 15.2 Å². The van der Waals surface area contributed by atoms with E-state index >= 15 is 0 Å². The van der Waals surface area contributed by atoms with Crippen molar-refractivity contribution in [3.63, 3.8) is 0 Å². The number of aliphatic imine (C=N–C) groups is 1. The predicted octanol–water partition coefficient (Wildman–Crippen LogP) is 3.31. The summed E-state index contributed by atoms with van der Waals surface area (Å²) in [4.78, 5) is 6.59. The number of hydrogen-bond donors (Lipinski definition) is 2. The van der Waals surface area contributed by atoms with E-state index in [1.807, 2.05) is 44.4 Å². The number of nitrogens with one attached hydrogen (secondary N) is 1. The molecule has 0 saturated heterocycles. The van der Waals surface area contributed by atoms with E-state index in [0.29, 0.717) is 29.7 Å². The number of guanidine groups is 1. The number of hydrogen-bond acceptors (Lipinski definition) is 4. The molecule has 0 aliphatic carbocycles. The minimum Gasteiger partial charge on any atom is -0.497 e. The maximum atomic E-state index is 6.05. The maximum Gasteiger partial charge on any atom is 0.193 e. The van der Waals surface area contributed by atoms with E-state index in [1.54, 1.807) is 14.2 Å². The van der Waals surface area contributed by atoms with Crippen LogP contribution in [-0.2, 0) is 13.1 Å². The van der Waals surface area contributed by atoms with E-state index in [9.17, 15) is 0 Å². The average molecular weight is 470 g/mol. The first kappa shape index (κ1) is 22.0. The molecule has 0 saturated carbocycles. The van der Waals surface area contributed by atoms with Gasteiger partial charge in [-0.3, -0.25) is 0 Å². The summed E-state index contributed by atoms with van der Waals surface area (Å²) in [5.41, 5.74) is 9.16. The van der Waals surface area contributed by atoms with Gasteiger partial charge >= 0.3 is 0 Å². The fraction of sp³-hybridized carbons (Fsp3) is 0.316. The third-order valence-corrected chi connectivity index (χ3v) is 3.69. The molecular formula is C19H27IN4O2. The molecule has 7 heteroatoms. The van der Waals surface area contributed by atoms with Crippen LogP contribution in [0.4, 0.5) is 5.69 Å². The molecule has 3 N–H and O–H groups in total. The SMILES string of the molecule is COc1ccc(OC)c(NC(N)=NCc2ccccc2CN(C)C)c1.I. The molecule has 142 valence electrons. The average Bonchev–Trinajstić information content (AvgIpc) is 2.60. The molecule has 0 spiro atoms. The smallest absolute Gasteiger partial charge is 0.193 e. The lowest BCUT2D eigenvalue weighted by atomic mass is 10.1. The summed E-state index contributed by atoms with van der Waals surface area (Å²) in [6.07, 6.45) is 0. The van der Waals surface area contributed by atoms with E-state index < -0.39 is 0 Å². The minimum absolute atomic E-state index is 0. The number of ether oxygens (including phenoxy) is 2. The van der Waals surface area contributed by atoms with Gasteiger partial charge in [-0.2, -0.15) is 0 Å². The summed E-state index contributed by atoms with van der Waals surface area (Å²) >= 11 is 0. The highest BCUT2D eigenvalue weighted by molar-refractivity contribution is 14.0. The normalized spacial score (nSPS) is 11.0. The van der Waals surface area contributed by atoms with Gasteiger partial charge in [0.25, 0.3) is 0 Å². The molecule has 0 amide bonds. The van der Waals surface area contributed by atoms with Crippen molar-refractivity contribution in [2.75, 3.05) is 33.6 Å². The van der Waals surface area contributed by atoms with Gasteiger partial charge in [-0.05, 0) is 37.4 Å². The first-order valence-corrected chi connectivity index (χ1v) is 8.04. The summed E-state index contributed by atoms with van der Waals surface area (Å²) in [5.74, 6) is 1.71. The summed E-state index contributed by atoms with van der Waals surface area (Å²) in [5, 5.41) is 3.08. The molecule has 2 aromatic carbocycles. The van der Waals surface area contributed by atoms with Crippen molar-refractivity contribution >= 4 is 35.6 Å². The Kier molecular flexibility index (Phi) is 9.22. The van der Waals surface area contributed by atoms with Gasteiger partial charge in [0.2, 0.25) is 0 Å². The Labute approximate surface area is 172 Å². The van der Waals surface area contributed by atoms with Crippen molar-refractivity contribution in [1.29, 1.82) is 0 Å². The van der Waals surface area contributed by atoms with E-state index in [1.165, 1.54) is 5.56 Å². The molecule has 0 aliphatic heterocycles. The Morgan fingerprint density at radius 3 is 2.38 bits per heavy atom. The topological polar surface area (TPSA) is 72.1 Å². The zero-order chi connectivity index (χ0) is 18.2. The summed E-state index contributed by atoms with van der Waals surface area (Å²) in [6, 6.07) is 13.7. The van der Waals surface area contributed by atoms with Crippen molar-refractivity contribution in [2.24, 2.45) is 10.7 Å². The van der Waals surface area contributed by atoms with Gasteiger partial charge in [0, 0.05) is 12.6 Å². The standard InChI is InChI=1S/C19H26N4O2.HI/c1-23(2)13-15-8-6-5-7-14(15)12-21-19(20)22-17-11-16(24-3)9-10-18(17)25-4;/h5-11H,12-13H2,1-4H3,(H3,20,21,22);1H. The number of benzene rings is 2. The van der Waals surface area contributed by atoms with E-state index in [-0.39, 0.29) is 24.0 Å². The van der Waals surface area contributed by atoms with Crippen molar-refractivity contribution in [3.05, 3.63) is 53.6 Å². The molecule has 2 aromatic rings. The van der Waals surface area contributed by atoms with Crippen molar-refractivity contribution in [1.82, 2.24) is 4.90 Å². The van der Waals surface area contributed by atoms with E-state index in [2.05, 4.69) is 27.3 Å². The van der Waals surface area contributed by atoms with Gasteiger partial charge in [0.05, 0.1) is 26.5 Å². The number of nitrogens with two attached hydrogens (primary N) is 1. The molecular weight excluding hydrogens is 443 g/mol. The molecule has 0 fully saturated rings. The van der Waals surface area contributed by atoms with Crippen LogP contribution < -0.4 is 20.5 Å². The second kappa shape index (κ2) is 10.9. The monoisotopic (exact) mass is 470 g/mol. The zero-order valence-corrected chi connectivity index (χ0v) is 18.0. The van der Waals surface area contributed by atoms with Gasteiger partial charge in [-0.25, -0.2) is 4.99 Å². The van der Waals surface area contributed by atoms with Crippen LogP contribution >= 0.6 is 24.0 Å². The number of anilines is 1. The lowest BCUT2D eigenvalue weighted by molar-refractivity contribution is 0.401. The van der Waals surface area contributed by atoms with Crippen LogP contribution in [-0.4, -0.2) is 39.2 Å². The van der Waals surface area contributed by atoms with Crippen LogP contribution in [0, 0.1) is 0 Å². The van der Waals surface area contributed by atoms with Gasteiger partial charge in [-0.15, -0.1) is 24.0 Å². The molecule has 0 radical (unpaired) electrons. The van der Waals surface area contributed by atoms with Gasteiger partial charge < -0.3 is 25.4 Å². The van der Waals surface area contributed by atoms with Gasteiger partial charge in [-0.1, -0.05) is 24.3 Å². The summed E-state index contributed by atoms with van der Waals surface area (Å²) in [7, 11) is 7.32. The summed E-state index contributed by atoms with van der Waals surface area (Å²) in [6.45, 7) is 1.37. The third-order valence-electron chi connectivity index (χ3n) is 3.69. The Morgan fingerprint density at radius 2 is 1.77 bits per heavy atom. The molecule has 0 aromatic heterocycles. The molecule has 0 bridgehead atoms. The van der Waals surface area contributed by atoms with Crippen LogP contribution in [0.15, 0.2) is 47.5 Å². The van der Waals surface area contributed by atoms with Crippen LogP contribution in [0.25, 0.3) is 0 Å².